The van der Waals surface area contributed by atoms with Crippen LogP contribution in [0.1, 0.15) is 23.3 Å². The van der Waals surface area contributed by atoms with Crippen LogP contribution < -0.4 is 10.6 Å². The second-order valence-corrected chi connectivity index (χ2v) is 8.97. The van der Waals surface area contributed by atoms with E-state index in [1.165, 1.54) is 23.1 Å². The molecule has 2 aromatic heterocycles. The number of carbonyl (C=O) groups excluding carboxylic acids is 2. The molecular formula is C19H22N6O2S2. The fourth-order valence-corrected chi connectivity index (χ4v) is 4.07. The number of thiazole rings is 1. The molecule has 10 heteroatoms. The Bertz CT molecular complexity index is 996. The molecule has 2 heterocycles. The van der Waals surface area contributed by atoms with Gasteiger partial charge in [0.25, 0.3) is 0 Å². The van der Waals surface area contributed by atoms with Gasteiger partial charge in [-0.1, -0.05) is 30.0 Å². The lowest BCUT2D eigenvalue weighted by Crippen LogP contribution is -2.23. The Morgan fingerprint density at radius 2 is 1.90 bits per heavy atom. The van der Waals surface area contributed by atoms with Crippen molar-refractivity contribution >= 4 is 45.7 Å². The molecule has 0 bridgehead atoms. The van der Waals surface area contributed by atoms with Crippen molar-refractivity contribution in [3.63, 3.8) is 0 Å². The van der Waals surface area contributed by atoms with Gasteiger partial charge >= 0.3 is 0 Å². The van der Waals surface area contributed by atoms with Gasteiger partial charge in [0.1, 0.15) is 5.82 Å². The molecule has 3 aromatic rings. The third kappa shape index (κ3) is 5.42. The van der Waals surface area contributed by atoms with Gasteiger partial charge in [0.2, 0.25) is 11.8 Å². The number of amides is 2. The second-order valence-electron chi connectivity index (χ2n) is 6.46. The average Bonchev–Trinajstić information content (AvgIpc) is 3.18. The van der Waals surface area contributed by atoms with Crippen LogP contribution in [0.5, 0.6) is 0 Å². The molecule has 0 radical (unpaired) electrons. The first kappa shape index (κ1) is 21.0. The molecule has 1 aromatic carbocycles. The summed E-state index contributed by atoms with van der Waals surface area (Å²) in [6.45, 7) is 5.67. The second kappa shape index (κ2) is 9.19. The number of rotatable bonds is 7. The first-order chi connectivity index (χ1) is 13.8. The van der Waals surface area contributed by atoms with E-state index in [1.807, 2.05) is 44.2 Å². The molecule has 0 spiro atoms. The quantitative estimate of drug-likeness (QED) is 0.558. The van der Waals surface area contributed by atoms with Gasteiger partial charge in [0.05, 0.1) is 17.4 Å². The number of para-hydroxylation sites is 1. The zero-order chi connectivity index (χ0) is 21.0. The van der Waals surface area contributed by atoms with E-state index in [1.54, 1.807) is 18.5 Å². The van der Waals surface area contributed by atoms with E-state index in [2.05, 4.69) is 25.8 Å². The predicted molar refractivity (Wildman–Crippen MR) is 115 cm³/mol. The highest BCUT2D eigenvalue weighted by molar-refractivity contribution is 8.00. The highest BCUT2D eigenvalue weighted by atomic mass is 32.2. The lowest BCUT2D eigenvalue weighted by Gasteiger charge is -2.10. The van der Waals surface area contributed by atoms with Crippen molar-refractivity contribution in [3.05, 3.63) is 46.7 Å². The minimum absolute atomic E-state index is 0.0944. The van der Waals surface area contributed by atoms with Crippen LogP contribution in [0.25, 0.3) is 0 Å². The third-order valence-electron chi connectivity index (χ3n) is 4.21. The number of nitrogens with one attached hydrogen (secondary N) is 2. The standard InChI is InChI=1S/C19H22N6O2S2/c1-11-12(2)28-18(20-11)22-17(27)13(3)29-19-24-23-15(25(19)4)10-16(26)21-14-8-6-5-7-9-14/h5-9,13H,10H2,1-4H3,(H,21,26)(H,20,22,27)/t13-/m0/s1. The molecule has 0 aliphatic carbocycles. The highest BCUT2D eigenvalue weighted by Crippen LogP contribution is 2.25. The van der Waals surface area contributed by atoms with Crippen LogP contribution in [0.3, 0.4) is 0 Å². The van der Waals surface area contributed by atoms with E-state index < -0.39 is 5.25 Å². The number of anilines is 2. The Hall–Kier alpha value is -2.72. The summed E-state index contributed by atoms with van der Waals surface area (Å²) < 4.78 is 1.73. The van der Waals surface area contributed by atoms with Crippen LogP contribution in [0.4, 0.5) is 10.8 Å². The van der Waals surface area contributed by atoms with Gasteiger partial charge in [-0.15, -0.1) is 21.5 Å². The van der Waals surface area contributed by atoms with Gasteiger partial charge in [-0.3, -0.25) is 9.59 Å². The van der Waals surface area contributed by atoms with Crippen LogP contribution in [0, 0.1) is 13.8 Å². The molecule has 1 atom stereocenters. The summed E-state index contributed by atoms with van der Waals surface area (Å²) in [5, 5.41) is 14.7. The summed E-state index contributed by atoms with van der Waals surface area (Å²) in [5.74, 6) is 0.193. The van der Waals surface area contributed by atoms with Crippen molar-refractivity contribution in [2.45, 2.75) is 37.6 Å². The summed E-state index contributed by atoms with van der Waals surface area (Å²) in [6.07, 6.45) is 0.0944. The van der Waals surface area contributed by atoms with E-state index in [0.717, 1.165) is 16.3 Å². The lowest BCUT2D eigenvalue weighted by molar-refractivity contribution is -0.116. The topological polar surface area (TPSA) is 102 Å². The maximum absolute atomic E-state index is 12.4. The SMILES string of the molecule is Cc1nc(NC(=O)[C@H](C)Sc2nnc(CC(=O)Nc3ccccc3)n2C)sc1C. The number of hydrogen-bond donors (Lipinski definition) is 2. The van der Waals surface area contributed by atoms with Gasteiger partial charge in [-0.05, 0) is 32.9 Å². The van der Waals surface area contributed by atoms with Crippen LogP contribution >= 0.6 is 23.1 Å². The fourth-order valence-electron chi connectivity index (χ4n) is 2.42. The summed E-state index contributed by atoms with van der Waals surface area (Å²) in [6, 6.07) is 9.24. The molecule has 0 unspecified atom stereocenters. The van der Waals surface area contributed by atoms with Gasteiger partial charge in [0, 0.05) is 17.6 Å². The monoisotopic (exact) mass is 430 g/mol. The van der Waals surface area contributed by atoms with Gasteiger partial charge in [0.15, 0.2) is 10.3 Å². The summed E-state index contributed by atoms with van der Waals surface area (Å²) in [5.41, 5.74) is 1.64. The molecule has 2 N–H and O–H groups in total. The van der Waals surface area contributed by atoms with E-state index in [0.29, 0.717) is 16.1 Å². The van der Waals surface area contributed by atoms with Crippen LogP contribution in [0.2, 0.25) is 0 Å². The van der Waals surface area contributed by atoms with Crippen molar-refractivity contribution in [1.82, 2.24) is 19.7 Å². The lowest BCUT2D eigenvalue weighted by atomic mass is 10.3. The number of hydrogen-bond acceptors (Lipinski definition) is 7. The van der Waals surface area contributed by atoms with E-state index in [4.69, 9.17) is 0 Å². The van der Waals surface area contributed by atoms with Gasteiger partial charge in [-0.2, -0.15) is 0 Å². The summed E-state index contributed by atoms with van der Waals surface area (Å²) in [4.78, 5) is 30.1. The minimum atomic E-state index is -0.395. The summed E-state index contributed by atoms with van der Waals surface area (Å²) in [7, 11) is 1.78. The molecule has 152 valence electrons. The number of aromatic nitrogens is 4. The zero-order valence-electron chi connectivity index (χ0n) is 16.6. The molecule has 0 saturated heterocycles. The molecule has 0 aliphatic heterocycles. The number of aryl methyl sites for hydroxylation is 2. The first-order valence-corrected chi connectivity index (χ1v) is 10.7. The number of nitrogens with zero attached hydrogens (tertiary/aromatic N) is 4. The van der Waals surface area contributed by atoms with Crippen LogP contribution in [-0.4, -0.2) is 36.8 Å². The van der Waals surface area contributed by atoms with Crippen LogP contribution in [-0.2, 0) is 23.1 Å². The molecule has 0 aliphatic rings. The Kier molecular flexibility index (Phi) is 6.65. The molecule has 0 saturated carbocycles. The maximum atomic E-state index is 12.4. The summed E-state index contributed by atoms with van der Waals surface area (Å²) >= 11 is 2.73. The normalized spacial score (nSPS) is 11.9. The average molecular weight is 431 g/mol. The maximum Gasteiger partial charge on any atom is 0.239 e. The van der Waals surface area contributed by atoms with Crippen molar-refractivity contribution in [2.24, 2.45) is 7.05 Å². The fraction of sp³-hybridized carbons (Fsp3) is 0.316. The van der Waals surface area contributed by atoms with Gasteiger partial charge in [-0.25, -0.2) is 4.98 Å². The Balaban J connectivity index is 1.58. The minimum Gasteiger partial charge on any atom is -0.326 e. The Labute approximate surface area is 177 Å². The molecule has 29 heavy (non-hydrogen) atoms. The largest absolute Gasteiger partial charge is 0.326 e. The van der Waals surface area contributed by atoms with Gasteiger partial charge < -0.3 is 15.2 Å². The first-order valence-electron chi connectivity index (χ1n) is 8.98. The number of benzene rings is 1. The Morgan fingerprint density at radius 3 is 2.55 bits per heavy atom. The molecule has 0 fully saturated rings. The van der Waals surface area contributed by atoms with Crippen LogP contribution in [0.15, 0.2) is 35.5 Å². The predicted octanol–water partition coefficient (Wildman–Crippen LogP) is 3.19. The van der Waals surface area contributed by atoms with Crippen molar-refractivity contribution in [3.8, 4) is 0 Å². The zero-order valence-corrected chi connectivity index (χ0v) is 18.2. The number of thioether (sulfide) groups is 1. The molecular weight excluding hydrogens is 408 g/mol. The molecule has 8 nitrogen and oxygen atoms in total. The van der Waals surface area contributed by atoms with Crippen molar-refractivity contribution in [2.75, 3.05) is 10.6 Å². The molecule has 3 rings (SSSR count). The van der Waals surface area contributed by atoms with E-state index in [-0.39, 0.29) is 18.2 Å². The Morgan fingerprint density at radius 1 is 1.17 bits per heavy atom. The van der Waals surface area contributed by atoms with Crippen molar-refractivity contribution < 1.29 is 9.59 Å². The van der Waals surface area contributed by atoms with Crippen molar-refractivity contribution in [1.29, 1.82) is 0 Å². The van der Waals surface area contributed by atoms with E-state index in [9.17, 15) is 9.59 Å². The third-order valence-corrected chi connectivity index (χ3v) is 6.33. The van der Waals surface area contributed by atoms with E-state index >= 15 is 0 Å². The number of carbonyl (C=O) groups is 2. The molecule has 2 amide bonds. The smallest absolute Gasteiger partial charge is 0.239 e. The highest BCUT2D eigenvalue weighted by Gasteiger charge is 2.21.